The van der Waals surface area contributed by atoms with Gasteiger partial charge in [-0.05, 0) is 24.5 Å². The minimum Gasteiger partial charge on any atom is -0.327 e. The summed E-state index contributed by atoms with van der Waals surface area (Å²) in [5.74, 6) is -1.86. The molecule has 0 aliphatic carbocycles. The SMILES string of the molecule is CC1CN(S(=O)(=O)c2ccc(F)cc2F)CCC1N.Cl. The Labute approximate surface area is 123 Å². The molecule has 0 radical (unpaired) electrons. The van der Waals surface area contributed by atoms with Crippen molar-refractivity contribution in [2.24, 2.45) is 11.7 Å². The third-order valence-electron chi connectivity index (χ3n) is 3.45. The molecule has 1 aliphatic heterocycles. The maximum Gasteiger partial charge on any atom is 0.245 e. The second-order valence-electron chi connectivity index (χ2n) is 4.87. The normalized spacial score (nSPS) is 24.2. The third kappa shape index (κ3) is 3.28. The average molecular weight is 327 g/mol. The Hall–Kier alpha value is -0.760. The zero-order valence-corrected chi connectivity index (χ0v) is 12.6. The highest BCUT2D eigenvalue weighted by Crippen LogP contribution is 2.25. The van der Waals surface area contributed by atoms with Gasteiger partial charge in [0.25, 0.3) is 0 Å². The number of nitrogens with zero attached hydrogens (tertiary/aromatic N) is 1. The van der Waals surface area contributed by atoms with Crippen LogP contribution in [0.15, 0.2) is 23.1 Å². The molecule has 2 rings (SSSR count). The maximum atomic E-state index is 13.6. The van der Waals surface area contributed by atoms with Gasteiger partial charge in [-0.25, -0.2) is 17.2 Å². The van der Waals surface area contributed by atoms with Gasteiger partial charge in [0.05, 0.1) is 0 Å². The van der Waals surface area contributed by atoms with Gasteiger partial charge < -0.3 is 5.73 Å². The number of hydrogen-bond acceptors (Lipinski definition) is 3. The van der Waals surface area contributed by atoms with Crippen molar-refractivity contribution >= 4 is 22.4 Å². The summed E-state index contributed by atoms with van der Waals surface area (Å²) in [5, 5.41) is 0. The summed E-state index contributed by atoms with van der Waals surface area (Å²) in [7, 11) is -3.93. The molecular formula is C12H17ClF2N2O2S. The number of sulfonamides is 1. The summed E-state index contributed by atoms with van der Waals surface area (Å²) < 4.78 is 52.2. The predicted octanol–water partition coefficient (Wildman–Crippen LogP) is 1.74. The van der Waals surface area contributed by atoms with Crippen molar-refractivity contribution in [3.8, 4) is 0 Å². The first-order valence-corrected chi connectivity index (χ1v) is 7.47. The molecule has 1 aromatic carbocycles. The molecule has 0 bridgehead atoms. The van der Waals surface area contributed by atoms with E-state index in [2.05, 4.69) is 0 Å². The van der Waals surface area contributed by atoms with E-state index < -0.39 is 26.6 Å². The van der Waals surface area contributed by atoms with Crippen molar-refractivity contribution in [2.75, 3.05) is 13.1 Å². The smallest absolute Gasteiger partial charge is 0.245 e. The molecule has 114 valence electrons. The Kier molecular flexibility index (Phi) is 5.48. The molecule has 0 aromatic heterocycles. The number of hydrogen-bond donors (Lipinski definition) is 1. The van der Waals surface area contributed by atoms with E-state index >= 15 is 0 Å². The van der Waals surface area contributed by atoms with Gasteiger partial charge in [0.2, 0.25) is 10.0 Å². The van der Waals surface area contributed by atoms with Gasteiger partial charge in [-0.15, -0.1) is 12.4 Å². The fourth-order valence-corrected chi connectivity index (χ4v) is 3.77. The molecule has 0 spiro atoms. The summed E-state index contributed by atoms with van der Waals surface area (Å²) in [6.45, 7) is 2.36. The Morgan fingerprint density at radius 3 is 2.55 bits per heavy atom. The van der Waals surface area contributed by atoms with Gasteiger partial charge in [0.15, 0.2) is 0 Å². The van der Waals surface area contributed by atoms with E-state index in [1.807, 2.05) is 6.92 Å². The van der Waals surface area contributed by atoms with E-state index in [9.17, 15) is 17.2 Å². The Balaban J connectivity index is 0.00000200. The Morgan fingerprint density at radius 2 is 2.00 bits per heavy atom. The van der Waals surface area contributed by atoms with Crippen molar-refractivity contribution in [3.05, 3.63) is 29.8 Å². The van der Waals surface area contributed by atoms with Crippen molar-refractivity contribution in [1.82, 2.24) is 4.31 Å². The monoisotopic (exact) mass is 326 g/mol. The number of benzene rings is 1. The lowest BCUT2D eigenvalue weighted by atomic mass is 9.96. The van der Waals surface area contributed by atoms with Crippen LogP contribution in [0.25, 0.3) is 0 Å². The molecule has 1 heterocycles. The molecule has 20 heavy (non-hydrogen) atoms. The van der Waals surface area contributed by atoms with E-state index in [4.69, 9.17) is 5.73 Å². The molecular weight excluding hydrogens is 310 g/mol. The van der Waals surface area contributed by atoms with Crippen LogP contribution < -0.4 is 5.73 Å². The largest absolute Gasteiger partial charge is 0.327 e. The van der Waals surface area contributed by atoms with Crippen molar-refractivity contribution in [1.29, 1.82) is 0 Å². The molecule has 1 fully saturated rings. The average Bonchev–Trinajstić information content (AvgIpc) is 2.32. The zero-order valence-electron chi connectivity index (χ0n) is 10.9. The van der Waals surface area contributed by atoms with Crippen LogP contribution in [-0.4, -0.2) is 31.9 Å². The van der Waals surface area contributed by atoms with Crippen molar-refractivity contribution in [3.63, 3.8) is 0 Å². The number of piperidine rings is 1. The number of nitrogens with two attached hydrogens (primary N) is 1. The van der Waals surface area contributed by atoms with Gasteiger partial charge in [0, 0.05) is 25.2 Å². The first-order chi connectivity index (χ1) is 8.82. The number of halogens is 3. The molecule has 4 nitrogen and oxygen atoms in total. The van der Waals surface area contributed by atoms with Crippen molar-refractivity contribution < 1.29 is 17.2 Å². The van der Waals surface area contributed by atoms with Gasteiger partial charge in [-0.1, -0.05) is 6.92 Å². The quantitative estimate of drug-likeness (QED) is 0.900. The number of rotatable bonds is 2. The van der Waals surface area contributed by atoms with Crippen LogP contribution >= 0.6 is 12.4 Å². The molecule has 2 N–H and O–H groups in total. The van der Waals surface area contributed by atoms with E-state index in [0.29, 0.717) is 12.5 Å². The van der Waals surface area contributed by atoms with Crippen LogP contribution in [0.2, 0.25) is 0 Å². The Morgan fingerprint density at radius 1 is 1.35 bits per heavy atom. The lowest BCUT2D eigenvalue weighted by Crippen LogP contribution is -2.48. The molecule has 1 aliphatic rings. The fourth-order valence-electron chi connectivity index (χ4n) is 2.17. The molecule has 0 amide bonds. The van der Waals surface area contributed by atoms with Gasteiger partial charge in [-0.3, -0.25) is 0 Å². The van der Waals surface area contributed by atoms with Crippen molar-refractivity contribution in [2.45, 2.75) is 24.3 Å². The minimum atomic E-state index is -3.93. The van der Waals surface area contributed by atoms with Crippen LogP contribution in [0.4, 0.5) is 8.78 Å². The summed E-state index contributed by atoms with van der Waals surface area (Å²) in [6.07, 6.45) is 0.531. The highest BCUT2D eigenvalue weighted by Gasteiger charge is 2.33. The van der Waals surface area contributed by atoms with Crippen LogP contribution in [0.3, 0.4) is 0 Å². The predicted molar refractivity (Wildman–Crippen MR) is 74.1 cm³/mol. The van der Waals surface area contributed by atoms with E-state index in [1.54, 1.807) is 0 Å². The third-order valence-corrected chi connectivity index (χ3v) is 5.34. The highest BCUT2D eigenvalue weighted by atomic mass is 35.5. The topological polar surface area (TPSA) is 63.4 Å². The van der Waals surface area contributed by atoms with Gasteiger partial charge >= 0.3 is 0 Å². The first-order valence-electron chi connectivity index (χ1n) is 6.03. The van der Waals surface area contributed by atoms with Gasteiger partial charge in [0.1, 0.15) is 16.5 Å². The molecule has 2 unspecified atom stereocenters. The summed E-state index contributed by atoms with van der Waals surface area (Å²) in [6, 6.07) is 2.42. The standard InChI is InChI=1S/C12H16F2N2O2S.ClH/c1-8-7-16(5-4-11(8)15)19(17,18)12-3-2-9(13)6-10(12)14;/h2-3,6,8,11H,4-5,7,15H2,1H3;1H. The lowest BCUT2D eigenvalue weighted by molar-refractivity contribution is 0.249. The highest BCUT2D eigenvalue weighted by molar-refractivity contribution is 7.89. The zero-order chi connectivity index (χ0) is 14.2. The molecule has 2 atom stereocenters. The van der Waals surface area contributed by atoms with Gasteiger partial charge in [-0.2, -0.15) is 4.31 Å². The summed E-state index contributed by atoms with van der Waals surface area (Å²) >= 11 is 0. The Bertz CT molecular complexity index is 583. The minimum absolute atomic E-state index is 0. The van der Waals surface area contributed by atoms with E-state index in [1.165, 1.54) is 4.31 Å². The second kappa shape index (κ2) is 6.34. The lowest BCUT2D eigenvalue weighted by Gasteiger charge is -2.34. The second-order valence-corrected chi connectivity index (χ2v) is 6.77. The van der Waals surface area contributed by atoms with E-state index in [0.717, 1.165) is 12.1 Å². The molecule has 1 aromatic rings. The van der Waals surface area contributed by atoms with Crippen LogP contribution in [0, 0.1) is 17.6 Å². The summed E-state index contributed by atoms with van der Waals surface area (Å²) in [5.41, 5.74) is 5.83. The van der Waals surface area contributed by atoms with E-state index in [-0.39, 0.29) is 37.5 Å². The molecule has 0 saturated carbocycles. The maximum absolute atomic E-state index is 13.6. The van der Waals surface area contributed by atoms with Crippen LogP contribution in [0.1, 0.15) is 13.3 Å². The van der Waals surface area contributed by atoms with Crippen LogP contribution in [-0.2, 0) is 10.0 Å². The first kappa shape index (κ1) is 17.3. The fraction of sp³-hybridized carbons (Fsp3) is 0.500. The molecule has 8 heteroatoms. The molecule has 1 saturated heterocycles. The van der Waals surface area contributed by atoms with Crippen LogP contribution in [0.5, 0.6) is 0 Å². The summed E-state index contributed by atoms with van der Waals surface area (Å²) in [4.78, 5) is -0.489.